The summed E-state index contributed by atoms with van der Waals surface area (Å²) in [5.41, 5.74) is 2.34. The summed E-state index contributed by atoms with van der Waals surface area (Å²) in [6.07, 6.45) is 3.77. The normalized spacial score (nSPS) is 19.8. The van der Waals surface area contributed by atoms with Crippen LogP contribution in [0.5, 0.6) is 0 Å². The van der Waals surface area contributed by atoms with Gasteiger partial charge in [-0.15, -0.1) is 11.6 Å². The smallest absolute Gasteiger partial charge is 0.129 e. The van der Waals surface area contributed by atoms with Gasteiger partial charge in [-0.2, -0.15) is 0 Å². The zero-order valence-electron chi connectivity index (χ0n) is 11.6. The summed E-state index contributed by atoms with van der Waals surface area (Å²) in [5, 5.41) is 0. The van der Waals surface area contributed by atoms with Crippen molar-refractivity contribution in [1.29, 1.82) is 0 Å². The lowest BCUT2D eigenvalue weighted by Crippen LogP contribution is -2.29. The van der Waals surface area contributed by atoms with Crippen LogP contribution in [0.15, 0.2) is 12.1 Å². The van der Waals surface area contributed by atoms with Gasteiger partial charge in [-0.3, -0.25) is 0 Å². The van der Waals surface area contributed by atoms with E-state index in [-0.39, 0.29) is 0 Å². The summed E-state index contributed by atoms with van der Waals surface area (Å²) in [6, 6.07) is 4.95. The van der Waals surface area contributed by atoms with Crippen molar-refractivity contribution in [1.82, 2.24) is 4.98 Å². The number of aromatic nitrogens is 1. The molecule has 18 heavy (non-hydrogen) atoms. The molecule has 2 rings (SSSR count). The first-order valence-electron chi connectivity index (χ1n) is 6.99. The Balaban J connectivity index is 2.34. The van der Waals surface area contributed by atoms with Gasteiger partial charge in [0.2, 0.25) is 0 Å². The predicted molar refractivity (Wildman–Crippen MR) is 78.5 cm³/mol. The lowest BCUT2D eigenvalue weighted by molar-refractivity contribution is 0.638. The van der Waals surface area contributed by atoms with E-state index in [2.05, 4.69) is 37.8 Å². The largest absolute Gasteiger partial charge is 0.354 e. The molecule has 2 heterocycles. The van der Waals surface area contributed by atoms with Crippen LogP contribution in [0, 0.1) is 0 Å². The molecule has 0 aromatic carbocycles. The Hall–Kier alpha value is -0.760. The summed E-state index contributed by atoms with van der Waals surface area (Å²) in [6.45, 7) is 7.77. The van der Waals surface area contributed by atoms with E-state index in [0.717, 1.165) is 18.1 Å². The summed E-state index contributed by atoms with van der Waals surface area (Å²) in [4.78, 5) is 7.29. The van der Waals surface area contributed by atoms with Crippen LogP contribution < -0.4 is 4.90 Å². The van der Waals surface area contributed by atoms with Gasteiger partial charge in [0, 0.05) is 24.2 Å². The molecule has 0 radical (unpaired) electrons. The van der Waals surface area contributed by atoms with Gasteiger partial charge in [0.1, 0.15) is 5.82 Å². The van der Waals surface area contributed by atoms with E-state index >= 15 is 0 Å². The van der Waals surface area contributed by atoms with Gasteiger partial charge in [-0.1, -0.05) is 20.8 Å². The average Bonchev–Trinajstić information content (AvgIpc) is 2.86. The van der Waals surface area contributed by atoms with E-state index in [0.29, 0.717) is 17.8 Å². The Morgan fingerprint density at radius 2 is 2.22 bits per heavy atom. The molecule has 0 saturated carbocycles. The summed E-state index contributed by atoms with van der Waals surface area (Å²) < 4.78 is 0. The van der Waals surface area contributed by atoms with Gasteiger partial charge < -0.3 is 4.90 Å². The van der Waals surface area contributed by atoms with E-state index in [4.69, 9.17) is 16.6 Å². The number of halogens is 1. The molecule has 0 bridgehead atoms. The van der Waals surface area contributed by atoms with Crippen LogP contribution in [-0.2, 0) is 5.88 Å². The highest BCUT2D eigenvalue weighted by Gasteiger charge is 2.24. The average molecular weight is 267 g/mol. The van der Waals surface area contributed by atoms with Gasteiger partial charge in [0.05, 0.1) is 0 Å². The Kier molecular flexibility index (Phi) is 4.50. The quantitative estimate of drug-likeness (QED) is 0.755. The highest BCUT2D eigenvalue weighted by atomic mass is 35.5. The van der Waals surface area contributed by atoms with Crippen LogP contribution in [-0.4, -0.2) is 17.6 Å². The van der Waals surface area contributed by atoms with Crippen LogP contribution in [0.4, 0.5) is 5.82 Å². The third-order valence-corrected chi connectivity index (χ3v) is 4.09. The number of anilines is 1. The van der Waals surface area contributed by atoms with Crippen molar-refractivity contribution in [2.45, 2.75) is 57.9 Å². The molecular weight excluding hydrogens is 244 g/mol. The second-order valence-corrected chi connectivity index (χ2v) is 5.71. The second-order valence-electron chi connectivity index (χ2n) is 5.44. The predicted octanol–water partition coefficient (Wildman–Crippen LogP) is 4.32. The maximum absolute atomic E-state index is 6.01. The topological polar surface area (TPSA) is 16.1 Å². The zero-order chi connectivity index (χ0) is 13.1. The third kappa shape index (κ3) is 2.80. The summed E-state index contributed by atoms with van der Waals surface area (Å²) >= 11 is 6.01. The van der Waals surface area contributed by atoms with E-state index in [1.165, 1.54) is 24.8 Å². The van der Waals surface area contributed by atoms with Crippen LogP contribution in [0.2, 0.25) is 0 Å². The first-order chi connectivity index (χ1) is 8.65. The van der Waals surface area contributed by atoms with Crippen molar-refractivity contribution in [2.24, 2.45) is 0 Å². The number of rotatable bonds is 4. The number of nitrogens with zero attached hydrogens (tertiary/aromatic N) is 2. The molecule has 1 fully saturated rings. The Morgan fingerprint density at radius 1 is 1.44 bits per heavy atom. The number of pyridine rings is 1. The summed E-state index contributed by atoms with van der Waals surface area (Å²) in [7, 11) is 0. The van der Waals surface area contributed by atoms with E-state index in [1.807, 2.05) is 0 Å². The molecule has 0 aliphatic carbocycles. The van der Waals surface area contributed by atoms with Crippen molar-refractivity contribution >= 4 is 17.4 Å². The lowest BCUT2D eigenvalue weighted by atomic mass is 10.1. The molecule has 1 saturated heterocycles. The fourth-order valence-corrected chi connectivity index (χ4v) is 2.83. The van der Waals surface area contributed by atoms with Crippen molar-refractivity contribution in [3.8, 4) is 0 Å². The van der Waals surface area contributed by atoms with Crippen LogP contribution in [0.25, 0.3) is 0 Å². The van der Waals surface area contributed by atoms with Crippen LogP contribution in [0.1, 0.15) is 57.2 Å². The minimum Gasteiger partial charge on any atom is -0.354 e. The molecule has 1 aromatic heterocycles. The third-order valence-electron chi connectivity index (χ3n) is 3.78. The van der Waals surface area contributed by atoms with Crippen molar-refractivity contribution < 1.29 is 0 Å². The molecule has 1 aliphatic heterocycles. The van der Waals surface area contributed by atoms with Gasteiger partial charge in [0.25, 0.3) is 0 Å². The molecule has 1 aliphatic rings. The molecule has 1 atom stereocenters. The Morgan fingerprint density at radius 3 is 2.83 bits per heavy atom. The van der Waals surface area contributed by atoms with Gasteiger partial charge in [-0.25, -0.2) is 4.98 Å². The summed E-state index contributed by atoms with van der Waals surface area (Å²) in [5.74, 6) is 2.15. The molecule has 1 aromatic rings. The highest BCUT2D eigenvalue weighted by molar-refractivity contribution is 6.17. The molecule has 0 amide bonds. The molecule has 0 spiro atoms. The van der Waals surface area contributed by atoms with Gasteiger partial charge in [0.15, 0.2) is 0 Å². The second kappa shape index (κ2) is 5.92. The number of hydrogen-bond donors (Lipinski definition) is 0. The molecule has 0 N–H and O–H groups in total. The number of hydrogen-bond acceptors (Lipinski definition) is 2. The first-order valence-corrected chi connectivity index (χ1v) is 7.52. The zero-order valence-corrected chi connectivity index (χ0v) is 12.4. The van der Waals surface area contributed by atoms with Crippen molar-refractivity contribution in [3.05, 3.63) is 23.4 Å². The Bertz CT molecular complexity index is 403. The van der Waals surface area contributed by atoms with E-state index in [1.54, 1.807) is 0 Å². The Labute approximate surface area is 115 Å². The SMILES string of the molecule is CCC1CCCN1c1cc(CCl)cc(C(C)C)n1. The first kappa shape index (κ1) is 13.7. The van der Waals surface area contributed by atoms with Crippen molar-refractivity contribution in [3.63, 3.8) is 0 Å². The van der Waals surface area contributed by atoms with E-state index < -0.39 is 0 Å². The van der Waals surface area contributed by atoms with Gasteiger partial charge >= 0.3 is 0 Å². The van der Waals surface area contributed by atoms with Crippen molar-refractivity contribution in [2.75, 3.05) is 11.4 Å². The molecule has 100 valence electrons. The standard InChI is InChI=1S/C15H23ClN2/c1-4-13-6-5-7-18(13)15-9-12(10-16)8-14(17-15)11(2)3/h8-9,11,13H,4-7,10H2,1-3H3. The maximum Gasteiger partial charge on any atom is 0.129 e. The van der Waals surface area contributed by atoms with E-state index in [9.17, 15) is 0 Å². The monoisotopic (exact) mass is 266 g/mol. The van der Waals surface area contributed by atoms with Gasteiger partial charge in [-0.05, 0) is 42.9 Å². The number of alkyl halides is 1. The minimum atomic E-state index is 0.453. The highest BCUT2D eigenvalue weighted by Crippen LogP contribution is 2.28. The minimum absolute atomic E-state index is 0.453. The molecule has 1 unspecified atom stereocenters. The van der Waals surface area contributed by atoms with Crippen LogP contribution >= 0.6 is 11.6 Å². The molecule has 2 nitrogen and oxygen atoms in total. The fourth-order valence-electron chi connectivity index (χ4n) is 2.68. The molecule has 3 heteroatoms. The fraction of sp³-hybridized carbons (Fsp3) is 0.667. The van der Waals surface area contributed by atoms with Crippen LogP contribution in [0.3, 0.4) is 0 Å². The molecular formula is C15H23ClN2. The maximum atomic E-state index is 6.01. The lowest BCUT2D eigenvalue weighted by Gasteiger charge is -2.26.